The second kappa shape index (κ2) is 6.36. The van der Waals surface area contributed by atoms with Crippen molar-refractivity contribution in [2.45, 2.75) is 45.6 Å². The quantitative estimate of drug-likeness (QED) is 0.806. The lowest BCUT2D eigenvalue weighted by atomic mass is 9.86. The fraction of sp³-hybridized carbons (Fsp3) is 1.00. The summed E-state index contributed by atoms with van der Waals surface area (Å²) in [5, 5.41) is 3.37. The van der Waals surface area contributed by atoms with Gasteiger partial charge in [0.05, 0.1) is 0 Å². The van der Waals surface area contributed by atoms with Crippen LogP contribution in [0.3, 0.4) is 0 Å². The van der Waals surface area contributed by atoms with Crippen LogP contribution in [0.4, 0.5) is 0 Å². The van der Waals surface area contributed by atoms with Gasteiger partial charge in [-0.2, -0.15) is 0 Å². The molecule has 0 bridgehead atoms. The van der Waals surface area contributed by atoms with Crippen molar-refractivity contribution in [2.24, 2.45) is 5.41 Å². The summed E-state index contributed by atoms with van der Waals surface area (Å²) in [5.74, 6) is 0. The van der Waals surface area contributed by atoms with Crippen LogP contribution in [-0.2, 0) is 0 Å². The summed E-state index contributed by atoms with van der Waals surface area (Å²) >= 11 is 0. The van der Waals surface area contributed by atoms with Crippen LogP contribution in [0.1, 0.15) is 39.5 Å². The maximum Gasteiger partial charge on any atom is 0.0223 e. The zero-order valence-corrected chi connectivity index (χ0v) is 12.5. The van der Waals surface area contributed by atoms with E-state index in [1.165, 1.54) is 58.4 Å². The van der Waals surface area contributed by atoms with E-state index in [0.717, 1.165) is 12.6 Å². The minimum Gasteiger partial charge on any atom is -0.319 e. The Balaban J connectivity index is 1.91. The first-order valence-corrected chi connectivity index (χ1v) is 7.78. The first-order valence-electron chi connectivity index (χ1n) is 7.78. The van der Waals surface area contributed by atoms with Crippen molar-refractivity contribution in [1.29, 1.82) is 0 Å². The van der Waals surface area contributed by atoms with Crippen molar-refractivity contribution in [3.63, 3.8) is 0 Å². The van der Waals surface area contributed by atoms with E-state index in [-0.39, 0.29) is 0 Å². The predicted octanol–water partition coefficient (Wildman–Crippen LogP) is 1.79. The molecule has 18 heavy (non-hydrogen) atoms. The van der Waals surface area contributed by atoms with E-state index < -0.39 is 0 Å². The lowest BCUT2D eigenvalue weighted by Crippen LogP contribution is -2.44. The van der Waals surface area contributed by atoms with Gasteiger partial charge in [0.25, 0.3) is 0 Å². The Morgan fingerprint density at radius 2 is 2.00 bits per heavy atom. The summed E-state index contributed by atoms with van der Waals surface area (Å²) in [7, 11) is 2.08. The van der Waals surface area contributed by atoms with E-state index in [0.29, 0.717) is 5.41 Å². The maximum atomic E-state index is 3.37. The van der Waals surface area contributed by atoms with Gasteiger partial charge in [0, 0.05) is 25.7 Å². The van der Waals surface area contributed by atoms with Gasteiger partial charge in [0.2, 0.25) is 0 Å². The molecule has 2 unspecified atom stereocenters. The average Bonchev–Trinajstić information content (AvgIpc) is 2.69. The first-order chi connectivity index (χ1) is 8.67. The first kappa shape index (κ1) is 14.3. The van der Waals surface area contributed by atoms with Crippen LogP contribution in [0.15, 0.2) is 0 Å². The molecule has 2 saturated heterocycles. The Bertz CT molecular complexity index is 256. The van der Waals surface area contributed by atoms with E-state index >= 15 is 0 Å². The molecule has 0 aromatic rings. The molecule has 2 fully saturated rings. The second-order valence-corrected chi connectivity index (χ2v) is 6.62. The molecule has 0 aliphatic carbocycles. The van der Waals surface area contributed by atoms with E-state index in [2.05, 4.69) is 36.0 Å². The van der Waals surface area contributed by atoms with Gasteiger partial charge < -0.3 is 10.2 Å². The number of fused-ring (bicyclic) bond motifs is 1. The molecule has 2 heterocycles. The summed E-state index contributed by atoms with van der Waals surface area (Å²) in [6.45, 7) is 12.4. The Morgan fingerprint density at radius 3 is 2.72 bits per heavy atom. The van der Waals surface area contributed by atoms with Crippen LogP contribution < -0.4 is 5.32 Å². The largest absolute Gasteiger partial charge is 0.319 e. The normalized spacial score (nSPS) is 29.8. The summed E-state index contributed by atoms with van der Waals surface area (Å²) in [6.07, 6.45) is 5.46. The van der Waals surface area contributed by atoms with E-state index in [1.807, 2.05) is 0 Å². The van der Waals surface area contributed by atoms with Gasteiger partial charge in [-0.1, -0.05) is 13.8 Å². The Hall–Kier alpha value is -0.120. The Kier molecular flexibility index (Phi) is 5.05. The standard InChI is InChI=1S/C15H31N3/c1-4-15(2,12-16-3)13-17-8-6-10-18-9-5-7-14(18)11-17/h14,16H,4-13H2,1-3H3. The van der Waals surface area contributed by atoms with Crippen molar-refractivity contribution in [1.82, 2.24) is 15.1 Å². The lowest BCUT2D eigenvalue weighted by Gasteiger charge is -2.35. The van der Waals surface area contributed by atoms with E-state index in [9.17, 15) is 0 Å². The van der Waals surface area contributed by atoms with Gasteiger partial charge in [-0.15, -0.1) is 0 Å². The molecule has 2 aliphatic heterocycles. The van der Waals surface area contributed by atoms with Crippen LogP contribution in [0, 0.1) is 5.41 Å². The maximum absolute atomic E-state index is 3.37. The molecule has 0 aromatic carbocycles. The Labute approximate surface area is 113 Å². The molecule has 2 rings (SSSR count). The lowest BCUT2D eigenvalue weighted by molar-refractivity contribution is 0.145. The third-order valence-electron chi connectivity index (χ3n) is 4.95. The molecule has 3 nitrogen and oxygen atoms in total. The minimum atomic E-state index is 0.433. The topological polar surface area (TPSA) is 18.5 Å². The summed E-state index contributed by atoms with van der Waals surface area (Å²) < 4.78 is 0. The second-order valence-electron chi connectivity index (χ2n) is 6.62. The highest BCUT2D eigenvalue weighted by atomic mass is 15.3. The van der Waals surface area contributed by atoms with Crippen molar-refractivity contribution < 1.29 is 0 Å². The van der Waals surface area contributed by atoms with Crippen molar-refractivity contribution >= 4 is 0 Å². The van der Waals surface area contributed by atoms with Gasteiger partial charge in [0.15, 0.2) is 0 Å². The van der Waals surface area contributed by atoms with Crippen molar-refractivity contribution in [3.8, 4) is 0 Å². The molecule has 2 atom stereocenters. The highest BCUT2D eigenvalue weighted by molar-refractivity contribution is 4.87. The molecule has 106 valence electrons. The number of hydrogen-bond acceptors (Lipinski definition) is 3. The molecule has 1 N–H and O–H groups in total. The van der Waals surface area contributed by atoms with Gasteiger partial charge >= 0.3 is 0 Å². The zero-order valence-electron chi connectivity index (χ0n) is 12.5. The van der Waals surface area contributed by atoms with Crippen molar-refractivity contribution in [3.05, 3.63) is 0 Å². The fourth-order valence-corrected chi connectivity index (χ4v) is 3.69. The molecule has 0 amide bonds. The summed E-state index contributed by atoms with van der Waals surface area (Å²) in [5.41, 5.74) is 0.433. The number of nitrogens with one attached hydrogen (secondary N) is 1. The van der Waals surface area contributed by atoms with Crippen LogP contribution in [0.2, 0.25) is 0 Å². The summed E-state index contributed by atoms with van der Waals surface area (Å²) in [6, 6.07) is 0.850. The predicted molar refractivity (Wildman–Crippen MR) is 78.0 cm³/mol. The molecule has 0 spiro atoms. The van der Waals surface area contributed by atoms with Gasteiger partial charge in [-0.05, 0) is 57.8 Å². The Morgan fingerprint density at radius 1 is 1.22 bits per heavy atom. The number of nitrogens with zero attached hydrogens (tertiary/aromatic N) is 2. The fourth-order valence-electron chi connectivity index (χ4n) is 3.69. The van der Waals surface area contributed by atoms with E-state index in [4.69, 9.17) is 0 Å². The minimum absolute atomic E-state index is 0.433. The third kappa shape index (κ3) is 3.46. The van der Waals surface area contributed by atoms with Crippen LogP contribution >= 0.6 is 0 Å². The highest BCUT2D eigenvalue weighted by Gasteiger charge is 2.31. The summed E-state index contributed by atoms with van der Waals surface area (Å²) in [4.78, 5) is 5.46. The smallest absolute Gasteiger partial charge is 0.0223 e. The number of hydrogen-bond donors (Lipinski definition) is 1. The molecule has 0 radical (unpaired) electrons. The molecular weight excluding hydrogens is 222 g/mol. The third-order valence-corrected chi connectivity index (χ3v) is 4.95. The average molecular weight is 253 g/mol. The molecule has 2 aliphatic rings. The van der Waals surface area contributed by atoms with Gasteiger partial charge in [0.1, 0.15) is 0 Å². The molecule has 0 saturated carbocycles. The van der Waals surface area contributed by atoms with Crippen molar-refractivity contribution in [2.75, 3.05) is 46.3 Å². The molecule has 3 heteroatoms. The number of rotatable bonds is 5. The van der Waals surface area contributed by atoms with Gasteiger partial charge in [-0.3, -0.25) is 4.90 Å². The van der Waals surface area contributed by atoms with Gasteiger partial charge in [-0.25, -0.2) is 0 Å². The highest BCUT2D eigenvalue weighted by Crippen LogP contribution is 2.26. The van der Waals surface area contributed by atoms with Crippen LogP contribution in [0.5, 0.6) is 0 Å². The van der Waals surface area contributed by atoms with E-state index in [1.54, 1.807) is 0 Å². The molecular formula is C15H31N3. The SMILES string of the molecule is CCC(C)(CNC)CN1CCCN2CCCC2C1. The monoisotopic (exact) mass is 253 g/mol. The van der Waals surface area contributed by atoms with Crippen LogP contribution in [-0.4, -0.2) is 62.2 Å². The van der Waals surface area contributed by atoms with Crippen LogP contribution in [0.25, 0.3) is 0 Å². The molecule has 0 aromatic heterocycles. The zero-order chi connectivity index (χ0) is 13.0.